The molecule has 58 valence electrons. The molecule has 0 atom stereocenters. The van der Waals surface area contributed by atoms with Gasteiger partial charge in [0.15, 0.2) is 0 Å². The Morgan fingerprint density at radius 3 is 2.64 bits per heavy atom. The van der Waals surface area contributed by atoms with Gasteiger partial charge in [-0.3, -0.25) is 4.79 Å². The van der Waals surface area contributed by atoms with E-state index in [1.54, 1.807) is 18.2 Å². The van der Waals surface area contributed by atoms with Crippen LogP contribution in [0.4, 0.5) is 0 Å². The zero-order valence-corrected chi connectivity index (χ0v) is 7.82. The van der Waals surface area contributed by atoms with Gasteiger partial charge in [-0.15, -0.1) is 0 Å². The number of halogens is 2. The second-order valence-electron chi connectivity index (χ2n) is 1.99. The minimum Gasteiger partial charge on any atom is -0.366 e. The first kappa shape index (κ1) is 8.56. The first-order valence-electron chi connectivity index (χ1n) is 2.86. The van der Waals surface area contributed by atoms with E-state index in [2.05, 4.69) is 15.9 Å². The van der Waals surface area contributed by atoms with E-state index in [1.165, 1.54) is 0 Å². The molecule has 0 radical (unpaired) electrons. The quantitative estimate of drug-likeness (QED) is 0.795. The molecule has 0 saturated heterocycles. The van der Waals surface area contributed by atoms with Crippen LogP contribution in [0.3, 0.4) is 0 Å². The van der Waals surface area contributed by atoms with Gasteiger partial charge in [0.2, 0.25) is 5.91 Å². The molecule has 0 aromatic heterocycles. The Morgan fingerprint density at radius 1 is 1.55 bits per heavy atom. The average Bonchev–Trinajstić information content (AvgIpc) is 1.94. The molecular weight excluding hydrogens is 229 g/mol. The molecule has 1 aromatic carbocycles. The smallest absolute Gasteiger partial charge is 0.250 e. The normalized spacial score (nSPS) is 9.64. The van der Waals surface area contributed by atoms with E-state index in [-0.39, 0.29) is 0 Å². The summed E-state index contributed by atoms with van der Waals surface area (Å²) in [4.78, 5) is 10.7. The van der Waals surface area contributed by atoms with Gasteiger partial charge in [-0.1, -0.05) is 27.5 Å². The van der Waals surface area contributed by atoms with Crippen LogP contribution in [-0.4, -0.2) is 5.91 Å². The molecular formula is C7H5BrClNO. The molecule has 0 heterocycles. The van der Waals surface area contributed by atoms with Crippen LogP contribution in [0.15, 0.2) is 22.7 Å². The number of amides is 1. The SMILES string of the molecule is NC(=O)c1cc(Br)ccc1Cl. The highest BCUT2D eigenvalue weighted by molar-refractivity contribution is 9.10. The summed E-state index contributed by atoms with van der Waals surface area (Å²) in [5.41, 5.74) is 5.37. The van der Waals surface area contributed by atoms with Crippen LogP contribution in [0, 0.1) is 0 Å². The predicted molar refractivity (Wildman–Crippen MR) is 47.7 cm³/mol. The van der Waals surface area contributed by atoms with E-state index in [1.807, 2.05) is 0 Å². The van der Waals surface area contributed by atoms with E-state index >= 15 is 0 Å². The Balaban J connectivity index is 3.23. The number of hydrogen-bond donors (Lipinski definition) is 1. The summed E-state index contributed by atoms with van der Waals surface area (Å²) in [5.74, 6) is -0.517. The number of benzene rings is 1. The zero-order chi connectivity index (χ0) is 8.43. The second-order valence-corrected chi connectivity index (χ2v) is 3.31. The Bertz CT molecular complexity index is 300. The van der Waals surface area contributed by atoms with Crippen molar-refractivity contribution in [2.24, 2.45) is 5.73 Å². The number of carbonyl (C=O) groups excluding carboxylic acids is 1. The highest BCUT2D eigenvalue weighted by Gasteiger charge is 2.05. The first-order valence-corrected chi connectivity index (χ1v) is 4.03. The summed E-state index contributed by atoms with van der Waals surface area (Å²) in [7, 11) is 0. The lowest BCUT2D eigenvalue weighted by Gasteiger charge is -1.98. The van der Waals surface area contributed by atoms with Crippen molar-refractivity contribution in [2.75, 3.05) is 0 Å². The van der Waals surface area contributed by atoms with Crippen molar-refractivity contribution in [3.05, 3.63) is 33.3 Å². The van der Waals surface area contributed by atoms with Gasteiger partial charge in [-0.2, -0.15) is 0 Å². The summed E-state index contributed by atoms with van der Waals surface area (Å²) >= 11 is 8.87. The van der Waals surface area contributed by atoms with Crippen LogP contribution in [0.25, 0.3) is 0 Å². The number of primary amides is 1. The van der Waals surface area contributed by atoms with Crippen molar-refractivity contribution in [1.82, 2.24) is 0 Å². The fraction of sp³-hybridized carbons (Fsp3) is 0. The lowest BCUT2D eigenvalue weighted by Crippen LogP contribution is -2.11. The van der Waals surface area contributed by atoms with Crippen molar-refractivity contribution in [2.45, 2.75) is 0 Å². The molecule has 0 aliphatic heterocycles. The van der Waals surface area contributed by atoms with E-state index in [9.17, 15) is 4.79 Å². The number of nitrogens with two attached hydrogens (primary N) is 1. The average molecular weight is 234 g/mol. The molecule has 0 aliphatic rings. The Hall–Kier alpha value is -0.540. The second kappa shape index (κ2) is 3.24. The van der Waals surface area contributed by atoms with Crippen LogP contribution in [0.2, 0.25) is 5.02 Å². The van der Waals surface area contributed by atoms with E-state index in [0.29, 0.717) is 10.6 Å². The molecule has 2 N–H and O–H groups in total. The highest BCUT2D eigenvalue weighted by atomic mass is 79.9. The van der Waals surface area contributed by atoms with E-state index in [4.69, 9.17) is 17.3 Å². The topological polar surface area (TPSA) is 43.1 Å². The minimum absolute atomic E-state index is 0.334. The molecule has 11 heavy (non-hydrogen) atoms. The zero-order valence-electron chi connectivity index (χ0n) is 5.47. The van der Waals surface area contributed by atoms with Crippen molar-refractivity contribution < 1.29 is 4.79 Å². The molecule has 2 nitrogen and oxygen atoms in total. The lowest BCUT2D eigenvalue weighted by molar-refractivity contribution is 0.100. The lowest BCUT2D eigenvalue weighted by atomic mass is 10.2. The third-order valence-electron chi connectivity index (χ3n) is 1.19. The molecule has 1 rings (SSSR count). The Morgan fingerprint density at radius 2 is 2.18 bits per heavy atom. The fourth-order valence-corrected chi connectivity index (χ4v) is 1.26. The van der Waals surface area contributed by atoms with Gasteiger partial charge in [0.05, 0.1) is 10.6 Å². The minimum atomic E-state index is -0.517. The third-order valence-corrected chi connectivity index (χ3v) is 2.02. The molecule has 0 unspecified atom stereocenters. The van der Waals surface area contributed by atoms with Gasteiger partial charge < -0.3 is 5.73 Å². The van der Waals surface area contributed by atoms with Crippen LogP contribution in [0.5, 0.6) is 0 Å². The van der Waals surface area contributed by atoms with Crippen molar-refractivity contribution >= 4 is 33.4 Å². The predicted octanol–water partition coefficient (Wildman–Crippen LogP) is 2.20. The maximum atomic E-state index is 10.7. The van der Waals surface area contributed by atoms with Crippen LogP contribution < -0.4 is 5.73 Å². The monoisotopic (exact) mass is 233 g/mol. The Kier molecular flexibility index (Phi) is 2.52. The van der Waals surface area contributed by atoms with Crippen molar-refractivity contribution in [1.29, 1.82) is 0 Å². The third kappa shape index (κ3) is 1.94. The van der Waals surface area contributed by atoms with Gasteiger partial charge in [0.25, 0.3) is 0 Å². The molecule has 0 bridgehead atoms. The summed E-state index contributed by atoms with van der Waals surface area (Å²) in [6.45, 7) is 0. The Labute approximate surface area is 77.5 Å². The standard InChI is InChI=1S/C7H5BrClNO/c8-4-1-2-6(9)5(3-4)7(10)11/h1-3H,(H2,10,11). The van der Waals surface area contributed by atoms with Crippen LogP contribution in [-0.2, 0) is 0 Å². The van der Waals surface area contributed by atoms with Crippen molar-refractivity contribution in [3.8, 4) is 0 Å². The molecule has 0 saturated carbocycles. The summed E-state index contributed by atoms with van der Waals surface area (Å²) in [6.07, 6.45) is 0. The summed E-state index contributed by atoms with van der Waals surface area (Å²) < 4.78 is 0.788. The highest BCUT2D eigenvalue weighted by Crippen LogP contribution is 2.20. The summed E-state index contributed by atoms with van der Waals surface area (Å²) in [6, 6.07) is 4.95. The molecule has 4 heteroatoms. The van der Waals surface area contributed by atoms with Gasteiger partial charge in [0, 0.05) is 4.47 Å². The summed E-state index contributed by atoms with van der Waals surface area (Å²) in [5, 5.41) is 0.376. The molecule has 1 amide bonds. The van der Waals surface area contributed by atoms with Gasteiger partial charge in [-0.25, -0.2) is 0 Å². The fourth-order valence-electron chi connectivity index (χ4n) is 0.686. The van der Waals surface area contributed by atoms with Gasteiger partial charge in [0.1, 0.15) is 0 Å². The van der Waals surface area contributed by atoms with Crippen LogP contribution >= 0.6 is 27.5 Å². The van der Waals surface area contributed by atoms with Crippen LogP contribution in [0.1, 0.15) is 10.4 Å². The van der Waals surface area contributed by atoms with Gasteiger partial charge >= 0.3 is 0 Å². The molecule has 0 fully saturated rings. The van der Waals surface area contributed by atoms with E-state index < -0.39 is 5.91 Å². The maximum absolute atomic E-state index is 10.7. The molecule has 1 aromatic rings. The largest absolute Gasteiger partial charge is 0.366 e. The van der Waals surface area contributed by atoms with E-state index in [0.717, 1.165) is 4.47 Å². The number of carbonyl (C=O) groups is 1. The van der Waals surface area contributed by atoms with Gasteiger partial charge in [-0.05, 0) is 18.2 Å². The maximum Gasteiger partial charge on any atom is 0.250 e. The first-order chi connectivity index (χ1) is 5.11. The van der Waals surface area contributed by atoms with Crippen molar-refractivity contribution in [3.63, 3.8) is 0 Å². The number of rotatable bonds is 1. The number of hydrogen-bond acceptors (Lipinski definition) is 1. The molecule has 0 spiro atoms. The molecule has 0 aliphatic carbocycles.